The third-order valence-electron chi connectivity index (χ3n) is 10.8. The first-order valence-electron chi connectivity index (χ1n) is 12.5. The Hall–Kier alpha value is -1.40. The first-order valence-corrected chi connectivity index (χ1v) is 14.1. The molecule has 2 aliphatic heterocycles. The van der Waals surface area contributed by atoms with Crippen molar-refractivity contribution in [3.8, 4) is 0 Å². The smallest absolute Gasteiger partial charge is 0.244 e. The largest absolute Gasteiger partial charge is 0.295 e. The molecule has 3 aliphatic carbocycles. The fourth-order valence-corrected chi connectivity index (χ4v) is 11.3. The van der Waals surface area contributed by atoms with Gasteiger partial charge in [-0.25, -0.2) is 12.7 Å². The number of sulfonamides is 1. The maximum atomic E-state index is 14.3. The first-order chi connectivity index (χ1) is 15.1. The highest BCUT2D eigenvalue weighted by Crippen LogP contribution is 2.70. The van der Waals surface area contributed by atoms with Crippen molar-refractivity contribution >= 4 is 15.9 Å². The van der Waals surface area contributed by atoms with Gasteiger partial charge in [0.25, 0.3) is 0 Å². The number of carbonyl (C=O) groups is 1. The normalized spacial score (nSPS) is 42.2. The van der Waals surface area contributed by atoms with Gasteiger partial charge in [-0.15, -0.1) is 0 Å². The van der Waals surface area contributed by atoms with Crippen LogP contribution in [-0.4, -0.2) is 48.4 Å². The molecule has 5 fully saturated rings. The average molecular weight is 457 g/mol. The van der Waals surface area contributed by atoms with Crippen LogP contribution in [0.1, 0.15) is 70.9 Å². The predicted molar refractivity (Wildman–Crippen MR) is 124 cm³/mol. The highest BCUT2D eigenvalue weighted by Gasteiger charge is 2.73. The van der Waals surface area contributed by atoms with Gasteiger partial charge in [0.15, 0.2) is 0 Å². The quantitative estimate of drug-likeness (QED) is 0.683. The van der Waals surface area contributed by atoms with Crippen LogP contribution in [0.2, 0.25) is 0 Å². The molecule has 6 atom stereocenters. The maximum Gasteiger partial charge on any atom is 0.244 e. The molecule has 0 unspecified atom stereocenters. The molecule has 2 bridgehead atoms. The van der Waals surface area contributed by atoms with Crippen molar-refractivity contribution in [1.82, 2.24) is 9.21 Å². The molecule has 2 saturated heterocycles. The van der Waals surface area contributed by atoms with Gasteiger partial charge >= 0.3 is 0 Å². The Morgan fingerprint density at radius 3 is 2.56 bits per heavy atom. The fourth-order valence-electron chi connectivity index (χ4n) is 8.69. The third-order valence-corrected chi connectivity index (χ3v) is 12.7. The van der Waals surface area contributed by atoms with E-state index in [2.05, 4.69) is 49.9 Å². The van der Waals surface area contributed by atoms with Crippen LogP contribution < -0.4 is 0 Å². The van der Waals surface area contributed by atoms with Crippen LogP contribution in [0.15, 0.2) is 30.3 Å². The number of amides is 1. The Morgan fingerprint density at radius 2 is 1.84 bits per heavy atom. The van der Waals surface area contributed by atoms with Crippen molar-refractivity contribution in [3.63, 3.8) is 0 Å². The van der Waals surface area contributed by atoms with Crippen molar-refractivity contribution in [2.75, 3.05) is 18.8 Å². The number of carbonyl (C=O) groups excluding carboxylic acids is 1. The van der Waals surface area contributed by atoms with E-state index in [1.165, 1.54) is 9.87 Å². The molecule has 174 valence electrons. The van der Waals surface area contributed by atoms with Gasteiger partial charge < -0.3 is 0 Å². The van der Waals surface area contributed by atoms with Crippen LogP contribution in [0, 0.1) is 28.1 Å². The molecule has 0 N–H and O–H groups in total. The molecule has 6 heteroatoms. The summed E-state index contributed by atoms with van der Waals surface area (Å²) in [6.07, 6.45) is 5.81. The zero-order chi connectivity index (χ0) is 22.5. The van der Waals surface area contributed by atoms with Gasteiger partial charge in [-0.1, -0.05) is 50.6 Å². The lowest BCUT2D eigenvalue weighted by molar-refractivity contribution is -0.140. The number of likely N-dealkylation sites (tertiary alicyclic amines) is 1. The van der Waals surface area contributed by atoms with E-state index >= 15 is 0 Å². The van der Waals surface area contributed by atoms with E-state index in [0.717, 1.165) is 45.1 Å². The summed E-state index contributed by atoms with van der Waals surface area (Å²) in [4.78, 5) is 16.7. The molecule has 2 heterocycles. The minimum atomic E-state index is -3.57. The lowest BCUT2D eigenvalue weighted by atomic mass is 9.68. The second-order valence-electron chi connectivity index (χ2n) is 12.0. The first kappa shape index (κ1) is 21.2. The molecule has 5 nitrogen and oxygen atoms in total. The van der Waals surface area contributed by atoms with Gasteiger partial charge in [-0.05, 0) is 61.8 Å². The summed E-state index contributed by atoms with van der Waals surface area (Å²) in [7, 11) is -3.57. The second kappa shape index (κ2) is 6.59. The van der Waals surface area contributed by atoms with Gasteiger partial charge in [0.05, 0.1) is 17.2 Å². The molecule has 1 amide bonds. The number of hydrogen-bond acceptors (Lipinski definition) is 4. The van der Waals surface area contributed by atoms with E-state index in [9.17, 15) is 13.2 Å². The topological polar surface area (TPSA) is 57.7 Å². The molecule has 0 aromatic heterocycles. The summed E-state index contributed by atoms with van der Waals surface area (Å²) >= 11 is 0. The second-order valence-corrected chi connectivity index (χ2v) is 13.8. The number of rotatable bonds is 3. The monoisotopic (exact) mass is 456 g/mol. The van der Waals surface area contributed by atoms with E-state index in [-0.39, 0.29) is 40.5 Å². The number of benzene rings is 1. The standard InChI is InChI=1S/C26H36N2O3S/c1-18(19-8-5-4-6-9-19)27-15-21-10-7-12-25(21,16-27)23(29)28-22-14-20-11-13-26(22,24(20,2)3)17-32(28,30)31/h4-6,8-9,18,20-22H,7,10-17H2,1-3H3/t18-,20+,21-,22+,25-,26+/m0/s1. The summed E-state index contributed by atoms with van der Waals surface area (Å²) in [6.45, 7) is 8.30. The molecule has 1 spiro atoms. The number of nitrogens with zero attached hydrogens (tertiary/aromatic N) is 2. The SMILES string of the molecule is C[C@@H](c1ccccc1)N1C[C@@H]2CCC[C@]2(C(=O)N2[C@@H]3C[C@H]4CC[C@]3(CS2(=O)=O)C4(C)C)C1. The van der Waals surface area contributed by atoms with Crippen molar-refractivity contribution in [2.45, 2.75) is 71.4 Å². The van der Waals surface area contributed by atoms with Crippen LogP contribution in [-0.2, 0) is 14.8 Å². The van der Waals surface area contributed by atoms with Crippen LogP contribution in [0.4, 0.5) is 0 Å². The molecule has 3 saturated carbocycles. The third kappa shape index (κ3) is 2.49. The maximum absolute atomic E-state index is 14.3. The summed E-state index contributed by atoms with van der Waals surface area (Å²) < 4.78 is 28.6. The van der Waals surface area contributed by atoms with Crippen molar-refractivity contribution in [2.24, 2.45) is 28.1 Å². The predicted octanol–water partition coefficient (Wildman–Crippen LogP) is 4.22. The Labute approximate surface area is 192 Å². The molecule has 5 aliphatic rings. The van der Waals surface area contributed by atoms with E-state index in [0.29, 0.717) is 12.5 Å². The Kier molecular flexibility index (Phi) is 4.36. The van der Waals surface area contributed by atoms with E-state index < -0.39 is 15.4 Å². The lowest BCUT2D eigenvalue weighted by Crippen LogP contribution is -2.52. The zero-order valence-electron chi connectivity index (χ0n) is 19.6. The average Bonchev–Trinajstić information content (AvgIpc) is 3.47. The highest BCUT2D eigenvalue weighted by molar-refractivity contribution is 7.90. The molecular formula is C26H36N2O3S. The summed E-state index contributed by atoms with van der Waals surface area (Å²) in [5, 5.41) is 0. The van der Waals surface area contributed by atoms with Gasteiger partial charge in [-0.3, -0.25) is 9.69 Å². The van der Waals surface area contributed by atoms with E-state index in [1.807, 2.05) is 6.07 Å². The van der Waals surface area contributed by atoms with Gasteiger partial charge in [0.1, 0.15) is 0 Å². The van der Waals surface area contributed by atoms with Crippen molar-refractivity contribution in [3.05, 3.63) is 35.9 Å². The molecule has 6 rings (SSSR count). The molecule has 1 aromatic rings. The number of hydrogen-bond donors (Lipinski definition) is 0. The molecule has 32 heavy (non-hydrogen) atoms. The van der Waals surface area contributed by atoms with Crippen molar-refractivity contribution < 1.29 is 13.2 Å². The van der Waals surface area contributed by atoms with E-state index in [4.69, 9.17) is 0 Å². The van der Waals surface area contributed by atoms with Crippen LogP contribution in [0.3, 0.4) is 0 Å². The molecular weight excluding hydrogens is 420 g/mol. The lowest BCUT2D eigenvalue weighted by Gasteiger charge is -2.39. The zero-order valence-corrected chi connectivity index (χ0v) is 20.4. The van der Waals surface area contributed by atoms with Gasteiger partial charge in [0.2, 0.25) is 15.9 Å². The van der Waals surface area contributed by atoms with Crippen molar-refractivity contribution in [1.29, 1.82) is 0 Å². The van der Waals surface area contributed by atoms with E-state index in [1.54, 1.807) is 0 Å². The van der Waals surface area contributed by atoms with Crippen LogP contribution in [0.25, 0.3) is 0 Å². The van der Waals surface area contributed by atoms with Gasteiger partial charge in [-0.2, -0.15) is 0 Å². The summed E-state index contributed by atoms with van der Waals surface area (Å²) in [5.74, 6) is 0.908. The van der Waals surface area contributed by atoms with Crippen LogP contribution in [0.5, 0.6) is 0 Å². The summed E-state index contributed by atoms with van der Waals surface area (Å²) in [5.41, 5.74) is 0.480. The van der Waals surface area contributed by atoms with Crippen LogP contribution >= 0.6 is 0 Å². The highest BCUT2D eigenvalue weighted by atomic mass is 32.2. The molecule has 1 aromatic carbocycles. The minimum Gasteiger partial charge on any atom is -0.295 e. The van der Waals surface area contributed by atoms with Gasteiger partial charge in [0, 0.05) is 24.5 Å². The number of fused-ring (bicyclic) bond motifs is 2. The fraction of sp³-hybridized carbons (Fsp3) is 0.731. The summed E-state index contributed by atoms with van der Waals surface area (Å²) in [6, 6.07) is 10.6. The molecule has 0 radical (unpaired) electrons. The minimum absolute atomic E-state index is 0.00392. The Balaban J connectivity index is 1.34. The Bertz CT molecular complexity index is 1050. The Morgan fingerprint density at radius 1 is 1.09 bits per heavy atom.